The maximum atomic E-state index is 11.6. The minimum atomic E-state index is 0.0696. The van der Waals surface area contributed by atoms with Crippen LogP contribution in [0.2, 0.25) is 5.15 Å². The van der Waals surface area contributed by atoms with E-state index in [2.05, 4.69) is 4.98 Å². The van der Waals surface area contributed by atoms with Crippen molar-refractivity contribution in [1.82, 2.24) is 4.98 Å². The highest BCUT2D eigenvalue weighted by Crippen LogP contribution is 2.23. The number of nitrogens with zero attached hydrogens (tertiary/aromatic N) is 2. The molecule has 4 nitrogen and oxygen atoms in total. The first-order chi connectivity index (χ1) is 7.20. The molecule has 2 N–H and O–H groups in total. The molecule has 0 radical (unpaired) electrons. The lowest BCUT2D eigenvalue weighted by molar-refractivity contribution is -0.117. The number of rotatable bonds is 2. The molecule has 0 spiro atoms. The molecule has 0 aromatic carbocycles. The molecular weight excluding hydrogens is 214 g/mol. The summed E-state index contributed by atoms with van der Waals surface area (Å²) in [5, 5.41) is 0.400. The summed E-state index contributed by atoms with van der Waals surface area (Å²) in [6, 6.07) is 5.25. The maximum Gasteiger partial charge on any atom is 0.228 e. The Morgan fingerprint density at radius 1 is 1.60 bits per heavy atom. The number of hydrogen-bond donors (Lipinski definition) is 1. The molecule has 1 aliphatic heterocycles. The van der Waals surface area contributed by atoms with Crippen LogP contribution in [-0.4, -0.2) is 24.0 Å². The topological polar surface area (TPSA) is 59.2 Å². The number of nitrogens with two attached hydrogens (primary N) is 1. The van der Waals surface area contributed by atoms with E-state index in [1.807, 2.05) is 0 Å². The molecular formula is C10H12ClN3O. The monoisotopic (exact) mass is 225 g/mol. The van der Waals surface area contributed by atoms with E-state index in [1.54, 1.807) is 23.1 Å². The second-order valence-corrected chi connectivity index (χ2v) is 4.02. The van der Waals surface area contributed by atoms with E-state index in [-0.39, 0.29) is 11.8 Å². The van der Waals surface area contributed by atoms with E-state index in [0.29, 0.717) is 30.5 Å². The SMILES string of the molecule is NCC1CC(=O)N(c2cccc(Cl)n2)C1. The number of anilines is 1. The first-order valence-corrected chi connectivity index (χ1v) is 5.21. The highest BCUT2D eigenvalue weighted by Gasteiger charge is 2.30. The summed E-state index contributed by atoms with van der Waals surface area (Å²) < 4.78 is 0. The van der Waals surface area contributed by atoms with Gasteiger partial charge in [0.15, 0.2) is 0 Å². The normalized spacial score (nSPS) is 21.1. The van der Waals surface area contributed by atoms with Crippen molar-refractivity contribution >= 4 is 23.3 Å². The van der Waals surface area contributed by atoms with Gasteiger partial charge in [-0.05, 0) is 24.6 Å². The average Bonchev–Trinajstić information content (AvgIpc) is 2.60. The summed E-state index contributed by atoms with van der Waals surface area (Å²) in [6.07, 6.45) is 0.505. The summed E-state index contributed by atoms with van der Waals surface area (Å²) in [6.45, 7) is 1.17. The van der Waals surface area contributed by atoms with Crippen LogP contribution in [0.3, 0.4) is 0 Å². The lowest BCUT2D eigenvalue weighted by atomic mass is 10.1. The number of aromatic nitrogens is 1. The van der Waals surface area contributed by atoms with Crippen molar-refractivity contribution in [2.45, 2.75) is 6.42 Å². The Hall–Kier alpha value is -1.13. The van der Waals surface area contributed by atoms with Crippen molar-refractivity contribution in [3.05, 3.63) is 23.4 Å². The maximum absolute atomic E-state index is 11.6. The van der Waals surface area contributed by atoms with Crippen molar-refractivity contribution in [2.75, 3.05) is 18.0 Å². The smallest absolute Gasteiger partial charge is 0.228 e. The van der Waals surface area contributed by atoms with Crippen molar-refractivity contribution in [3.8, 4) is 0 Å². The van der Waals surface area contributed by atoms with Gasteiger partial charge in [0.05, 0.1) is 0 Å². The zero-order chi connectivity index (χ0) is 10.8. The van der Waals surface area contributed by atoms with Crippen molar-refractivity contribution in [3.63, 3.8) is 0 Å². The molecule has 1 amide bonds. The molecule has 80 valence electrons. The first kappa shape index (κ1) is 10.4. The van der Waals surface area contributed by atoms with Gasteiger partial charge in [0, 0.05) is 13.0 Å². The molecule has 0 bridgehead atoms. The highest BCUT2D eigenvalue weighted by molar-refractivity contribution is 6.29. The van der Waals surface area contributed by atoms with Gasteiger partial charge in [0.2, 0.25) is 5.91 Å². The fourth-order valence-corrected chi connectivity index (χ4v) is 1.87. The second kappa shape index (κ2) is 4.16. The lowest BCUT2D eigenvalue weighted by Gasteiger charge is -2.15. The molecule has 5 heteroatoms. The number of pyridine rings is 1. The van der Waals surface area contributed by atoms with Crippen LogP contribution in [0.1, 0.15) is 6.42 Å². The highest BCUT2D eigenvalue weighted by atomic mass is 35.5. The van der Waals surface area contributed by atoms with Crippen LogP contribution in [0.25, 0.3) is 0 Å². The van der Waals surface area contributed by atoms with Gasteiger partial charge in [-0.25, -0.2) is 4.98 Å². The second-order valence-electron chi connectivity index (χ2n) is 3.63. The Kier molecular flexibility index (Phi) is 2.88. The van der Waals surface area contributed by atoms with E-state index < -0.39 is 0 Å². The zero-order valence-electron chi connectivity index (χ0n) is 8.19. The number of carbonyl (C=O) groups is 1. The van der Waals surface area contributed by atoms with Crippen LogP contribution < -0.4 is 10.6 Å². The lowest BCUT2D eigenvalue weighted by Crippen LogP contribution is -2.26. The summed E-state index contributed by atoms with van der Waals surface area (Å²) in [7, 11) is 0. The quantitative estimate of drug-likeness (QED) is 0.766. The molecule has 1 aromatic heterocycles. The van der Waals surface area contributed by atoms with E-state index >= 15 is 0 Å². The first-order valence-electron chi connectivity index (χ1n) is 4.83. The van der Waals surface area contributed by atoms with Gasteiger partial charge in [-0.3, -0.25) is 9.69 Å². The molecule has 2 rings (SSSR count). The van der Waals surface area contributed by atoms with Crippen molar-refractivity contribution in [2.24, 2.45) is 11.7 Å². The standard InChI is InChI=1S/C10H12ClN3O/c11-8-2-1-3-9(13-8)14-6-7(5-12)4-10(14)15/h1-3,7H,4-6,12H2. The fourth-order valence-electron chi connectivity index (χ4n) is 1.71. The zero-order valence-corrected chi connectivity index (χ0v) is 8.94. The molecule has 15 heavy (non-hydrogen) atoms. The van der Waals surface area contributed by atoms with Gasteiger partial charge < -0.3 is 5.73 Å². The summed E-state index contributed by atoms with van der Waals surface area (Å²) in [4.78, 5) is 17.4. The summed E-state index contributed by atoms with van der Waals surface area (Å²) in [5.41, 5.74) is 5.54. The summed E-state index contributed by atoms with van der Waals surface area (Å²) >= 11 is 5.77. The van der Waals surface area contributed by atoms with Crippen LogP contribution in [0.15, 0.2) is 18.2 Å². The summed E-state index contributed by atoms with van der Waals surface area (Å²) in [5.74, 6) is 0.918. The largest absolute Gasteiger partial charge is 0.330 e. The Balaban J connectivity index is 2.21. The van der Waals surface area contributed by atoms with Crippen LogP contribution >= 0.6 is 11.6 Å². The molecule has 0 saturated carbocycles. The minimum absolute atomic E-state index is 0.0696. The molecule has 0 aliphatic carbocycles. The predicted octanol–water partition coefficient (Wildman–Crippen LogP) is 1.05. The van der Waals surface area contributed by atoms with Crippen molar-refractivity contribution < 1.29 is 4.79 Å². The van der Waals surface area contributed by atoms with Crippen LogP contribution in [0, 0.1) is 5.92 Å². The molecule has 2 heterocycles. The molecule has 1 aliphatic rings. The van der Waals surface area contributed by atoms with Gasteiger partial charge in [0.25, 0.3) is 0 Å². The third-order valence-electron chi connectivity index (χ3n) is 2.52. The van der Waals surface area contributed by atoms with Gasteiger partial charge in [0.1, 0.15) is 11.0 Å². The van der Waals surface area contributed by atoms with Crippen molar-refractivity contribution in [1.29, 1.82) is 0 Å². The molecule has 1 fully saturated rings. The number of amides is 1. The van der Waals surface area contributed by atoms with Crippen LogP contribution in [0.5, 0.6) is 0 Å². The third-order valence-corrected chi connectivity index (χ3v) is 2.73. The predicted molar refractivity (Wildman–Crippen MR) is 58.8 cm³/mol. The van der Waals surface area contributed by atoms with Crippen LogP contribution in [0.4, 0.5) is 5.82 Å². The third kappa shape index (κ3) is 2.11. The number of halogens is 1. The van der Waals surface area contributed by atoms with E-state index in [9.17, 15) is 4.79 Å². The van der Waals surface area contributed by atoms with Gasteiger partial charge in [-0.15, -0.1) is 0 Å². The molecule has 1 atom stereocenters. The van der Waals surface area contributed by atoms with Gasteiger partial charge in [-0.2, -0.15) is 0 Å². The van der Waals surface area contributed by atoms with Crippen LogP contribution in [-0.2, 0) is 4.79 Å². The Bertz CT molecular complexity index is 383. The number of carbonyl (C=O) groups excluding carboxylic acids is 1. The van der Waals surface area contributed by atoms with Gasteiger partial charge >= 0.3 is 0 Å². The average molecular weight is 226 g/mol. The minimum Gasteiger partial charge on any atom is -0.330 e. The molecule has 1 saturated heterocycles. The molecule has 1 aromatic rings. The number of hydrogen-bond acceptors (Lipinski definition) is 3. The fraction of sp³-hybridized carbons (Fsp3) is 0.400. The Labute approximate surface area is 93.0 Å². The van der Waals surface area contributed by atoms with E-state index in [4.69, 9.17) is 17.3 Å². The Morgan fingerprint density at radius 2 is 2.40 bits per heavy atom. The molecule has 1 unspecified atom stereocenters. The van der Waals surface area contributed by atoms with E-state index in [0.717, 1.165) is 0 Å². The van der Waals surface area contributed by atoms with Gasteiger partial charge in [-0.1, -0.05) is 17.7 Å². The van der Waals surface area contributed by atoms with E-state index in [1.165, 1.54) is 0 Å². The Morgan fingerprint density at radius 3 is 3.00 bits per heavy atom.